The Morgan fingerprint density at radius 3 is 2.64 bits per heavy atom. The Labute approximate surface area is 90.1 Å². The molecule has 0 fully saturated rings. The van der Waals surface area contributed by atoms with Crippen LogP contribution >= 0.6 is 15.9 Å². The molecule has 0 aliphatic rings. The molecule has 14 heavy (non-hydrogen) atoms. The van der Waals surface area contributed by atoms with Gasteiger partial charge in [-0.1, -0.05) is 15.9 Å². The van der Waals surface area contributed by atoms with E-state index in [1.807, 2.05) is 0 Å². The summed E-state index contributed by atoms with van der Waals surface area (Å²) in [6.45, 7) is 0.147. The molecule has 0 bridgehead atoms. The molecule has 1 aromatic carbocycles. The van der Waals surface area contributed by atoms with Crippen molar-refractivity contribution in [2.45, 2.75) is 6.10 Å². The van der Waals surface area contributed by atoms with Crippen LogP contribution in [-0.4, -0.2) is 17.8 Å². The summed E-state index contributed by atoms with van der Waals surface area (Å²) in [6, 6.07) is 5.64. The zero-order chi connectivity index (χ0) is 10.4. The van der Waals surface area contributed by atoms with Gasteiger partial charge in [-0.2, -0.15) is 0 Å². The van der Waals surface area contributed by atoms with E-state index in [1.54, 1.807) is 11.1 Å². The highest BCUT2D eigenvalue weighted by Gasteiger charge is 2.00. The van der Waals surface area contributed by atoms with Crippen LogP contribution in [0.4, 0.5) is 4.39 Å². The molecular formula is C10H10BrFO2. The van der Waals surface area contributed by atoms with E-state index >= 15 is 0 Å². The van der Waals surface area contributed by atoms with Gasteiger partial charge in [0.15, 0.2) is 0 Å². The Morgan fingerprint density at radius 2 is 2.07 bits per heavy atom. The second-order valence-electron chi connectivity index (χ2n) is 2.65. The Morgan fingerprint density at radius 1 is 1.43 bits per heavy atom. The molecular weight excluding hydrogens is 251 g/mol. The SMILES string of the molecule is OC(/C=C/Br)COc1ccc(F)cc1. The maximum Gasteiger partial charge on any atom is 0.123 e. The molecule has 4 heteroatoms. The highest BCUT2D eigenvalue weighted by Crippen LogP contribution is 2.11. The van der Waals surface area contributed by atoms with Gasteiger partial charge in [0.1, 0.15) is 24.3 Å². The molecule has 0 aliphatic carbocycles. The van der Waals surface area contributed by atoms with Gasteiger partial charge in [-0.3, -0.25) is 0 Å². The third-order valence-corrected chi connectivity index (χ3v) is 1.83. The van der Waals surface area contributed by atoms with Crippen LogP contribution in [0.2, 0.25) is 0 Å². The zero-order valence-electron chi connectivity index (χ0n) is 7.36. The van der Waals surface area contributed by atoms with Crippen LogP contribution in [0.5, 0.6) is 5.75 Å². The smallest absolute Gasteiger partial charge is 0.123 e. The van der Waals surface area contributed by atoms with Crippen LogP contribution in [-0.2, 0) is 0 Å². The fourth-order valence-electron chi connectivity index (χ4n) is 0.852. The molecule has 0 aromatic heterocycles. The van der Waals surface area contributed by atoms with Gasteiger partial charge in [0.05, 0.1) is 0 Å². The molecule has 0 spiro atoms. The van der Waals surface area contributed by atoms with E-state index < -0.39 is 6.10 Å². The van der Waals surface area contributed by atoms with Gasteiger partial charge in [0.25, 0.3) is 0 Å². The predicted molar refractivity (Wildman–Crippen MR) is 56.0 cm³/mol. The topological polar surface area (TPSA) is 29.5 Å². The molecule has 0 aliphatic heterocycles. The largest absolute Gasteiger partial charge is 0.491 e. The van der Waals surface area contributed by atoms with E-state index in [0.29, 0.717) is 5.75 Å². The summed E-state index contributed by atoms with van der Waals surface area (Å²) in [5.74, 6) is 0.228. The third-order valence-electron chi connectivity index (χ3n) is 1.53. The third kappa shape index (κ3) is 3.89. The number of halogens is 2. The maximum atomic E-state index is 12.5. The minimum atomic E-state index is -0.667. The Kier molecular flexibility index (Phi) is 4.62. The molecule has 2 nitrogen and oxygen atoms in total. The number of hydrogen-bond donors (Lipinski definition) is 1. The van der Waals surface area contributed by atoms with Gasteiger partial charge in [-0.05, 0) is 35.3 Å². The molecule has 76 valence electrons. The van der Waals surface area contributed by atoms with Crippen molar-refractivity contribution in [2.24, 2.45) is 0 Å². The summed E-state index contributed by atoms with van der Waals surface area (Å²) in [7, 11) is 0. The molecule has 0 radical (unpaired) electrons. The first-order valence-corrected chi connectivity index (χ1v) is 4.97. The minimum absolute atomic E-state index is 0.147. The Hall–Kier alpha value is -0.870. The summed E-state index contributed by atoms with van der Waals surface area (Å²) >= 11 is 3.04. The van der Waals surface area contributed by atoms with Crippen LogP contribution in [0.3, 0.4) is 0 Å². The summed E-state index contributed by atoms with van der Waals surface area (Å²) in [6.07, 6.45) is 0.878. The first-order valence-electron chi connectivity index (χ1n) is 4.05. The number of rotatable bonds is 4. The number of aliphatic hydroxyl groups excluding tert-OH is 1. The molecule has 0 heterocycles. The van der Waals surface area contributed by atoms with E-state index in [2.05, 4.69) is 15.9 Å². The zero-order valence-corrected chi connectivity index (χ0v) is 8.95. The fourth-order valence-corrected chi connectivity index (χ4v) is 1.20. The van der Waals surface area contributed by atoms with Crippen molar-refractivity contribution >= 4 is 15.9 Å². The summed E-state index contributed by atoms with van der Waals surface area (Å²) in [4.78, 5) is 1.56. The standard InChI is InChI=1S/C10H10BrFO2/c11-6-5-9(13)7-14-10-3-1-8(12)2-4-10/h1-6,9,13H,7H2/b6-5+. The van der Waals surface area contributed by atoms with Crippen molar-refractivity contribution in [3.05, 3.63) is 41.1 Å². The van der Waals surface area contributed by atoms with Crippen molar-refractivity contribution in [3.8, 4) is 5.75 Å². The predicted octanol–water partition coefficient (Wildman–Crippen LogP) is 2.47. The van der Waals surface area contributed by atoms with Crippen molar-refractivity contribution in [2.75, 3.05) is 6.61 Å². The fraction of sp³-hybridized carbons (Fsp3) is 0.200. The Balaban J connectivity index is 2.42. The summed E-state index contributed by atoms with van der Waals surface area (Å²) in [5, 5.41) is 9.25. The average Bonchev–Trinajstić information content (AvgIpc) is 2.17. The lowest BCUT2D eigenvalue weighted by Crippen LogP contribution is -2.14. The molecule has 1 rings (SSSR count). The lowest BCUT2D eigenvalue weighted by molar-refractivity contribution is 0.144. The van der Waals surface area contributed by atoms with E-state index in [-0.39, 0.29) is 12.4 Å². The second kappa shape index (κ2) is 5.78. The summed E-state index contributed by atoms with van der Waals surface area (Å²) in [5.41, 5.74) is 0. The molecule has 1 unspecified atom stereocenters. The van der Waals surface area contributed by atoms with Crippen molar-refractivity contribution in [1.82, 2.24) is 0 Å². The quantitative estimate of drug-likeness (QED) is 0.902. The maximum absolute atomic E-state index is 12.5. The lowest BCUT2D eigenvalue weighted by atomic mass is 10.3. The number of hydrogen-bond acceptors (Lipinski definition) is 2. The van der Waals surface area contributed by atoms with Gasteiger partial charge in [-0.25, -0.2) is 4.39 Å². The van der Waals surface area contributed by atoms with E-state index in [1.165, 1.54) is 24.3 Å². The van der Waals surface area contributed by atoms with Gasteiger partial charge >= 0.3 is 0 Å². The normalized spacial score (nSPS) is 13.1. The van der Waals surface area contributed by atoms with Crippen molar-refractivity contribution in [1.29, 1.82) is 0 Å². The monoisotopic (exact) mass is 260 g/mol. The molecule has 0 amide bonds. The Bertz CT molecular complexity index is 297. The molecule has 0 saturated carbocycles. The first-order chi connectivity index (χ1) is 6.72. The molecule has 1 N–H and O–H groups in total. The van der Waals surface area contributed by atoms with E-state index in [4.69, 9.17) is 4.74 Å². The van der Waals surface area contributed by atoms with Crippen LogP contribution < -0.4 is 4.74 Å². The van der Waals surface area contributed by atoms with Gasteiger partial charge in [0.2, 0.25) is 0 Å². The first kappa shape index (κ1) is 11.2. The van der Waals surface area contributed by atoms with Gasteiger partial charge < -0.3 is 9.84 Å². The van der Waals surface area contributed by atoms with Crippen molar-refractivity contribution < 1.29 is 14.2 Å². The number of aliphatic hydroxyl groups is 1. The van der Waals surface area contributed by atoms with E-state index in [0.717, 1.165) is 0 Å². The van der Waals surface area contributed by atoms with Crippen LogP contribution in [0, 0.1) is 5.82 Å². The highest BCUT2D eigenvalue weighted by atomic mass is 79.9. The minimum Gasteiger partial charge on any atom is -0.491 e. The molecule has 0 saturated heterocycles. The second-order valence-corrected chi connectivity index (χ2v) is 3.18. The van der Waals surface area contributed by atoms with Crippen molar-refractivity contribution in [3.63, 3.8) is 0 Å². The van der Waals surface area contributed by atoms with Crippen LogP contribution in [0.15, 0.2) is 35.3 Å². The lowest BCUT2D eigenvalue weighted by Gasteiger charge is -2.08. The van der Waals surface area contributed by atoms with E-state index in [9.17, 15) is 9.50 Å². The van der Waals surface area contributed by atoms with Crippen LogP contribution in [0.1, 0.15) is 0 Å². The average molecular weight is 261 g/mol. The highest BCUT2D eigenvalue weighted by molar-refractivity contribution is 9.11. The summed E-state index contributed by atoms with van der Waals surface area (Å²) < 4.78 is 17.7. The van der Waals surface area contributed by atoms with Gasteiger partial charge in [-0.15, -0.1) is 0 Å². The van der Waals surface area contributed by atoms with Gasteiger partial charge in [0, 0.05) is 0 Å². The number of benzene rings is 1. The number of ether oxygens (including phenoxy) is 1. The molecule has 1 atom stereocenters. The van der Waals surface area contributed by atoms with Crippen LogP contribution in [0.25, 0.3) is 0 Å². The molecule has 1 aromatic rings.